The molecular formula is C21H20N4O2. The Morgan fingerprint density at radius 3 is 2.67 bits per heavy atom. The lowest BCUT2D eigenvalue weighted by Crippen LogP contribution is -2.23. The molecule has 0 spiro atoms. The number of rotatable bonds is 4. The monoisotopic (exact) mass is 360 g/mol. The van der Waals surface area contributed by atoms with E-state index in [4.69, 9.17) is 0 Å². The summed E-state index contributed by atoms with van der Waals surface area (Å²) < 4.78 is 1.60. The van der Waals surface area contributed by atoms with Crippen LogP contribution in [-0.4, -0.2) is 21.6 Å². The van der Waals surface area contributed by atoms with E-state index >= 15 is 0 Å². The number of benzene rings is 2. The van der Waals surface area contributed by atoms with E-state index in [2.05, 4.69) is 15.7 Å². The first-order chi connectivity index (χ1) is 13.0. The van der Waals surface area contributed by atoms with Crippen molar-refractivity contribution in [3.8, 4) is 11.1 Å². The van der Waals surface area contributed by atoms with Crippen LogP contribution < -0.4 is 10.6 Å². The zero-order valence-corrected chi connectivity index (χ0v) is 15.2. The Morgan fingerprint density at radius 2 is 1.93 bits per heavy atom. The van der Waals surface area contributed by atoms with Gasteiger partial charge in [0.1, 0.15) is 11.9 Å². The quantitative estimate of drug-likeness (QED) is 0.745. The summed E-state index contributed by atoms with van der Waals surface area (Å²) in [4.78, 5) is 24.8. The standard InChI is InChI=1S/C21H20N4O2/c1-13-6-8-15(9-7-13)17-12-22-25-18(21(27)24-20(17)25)11-19(26)23-16-5-3-4-14(2)10-16/h3-10,12,18H,11H2,1-2H3,(H,23,26)(H,24,27). The third kappa shape index (κ3) is 3.33. The third-order valence-electron chi connectivity index (χ3n) is 4.68. The van der Waals surface area contributed by atoms with Crippen LogP contribution in [0.25, 0.3) is 11.1 Å². The highest BCUT2D eigenvalue weighted by molar-refractivity contribution is 6.04. The molecule has 0 saturated heterocycles. The third-order valence-corrected chi connectivity index (χ3v) is 4.68. The van der Waals surface area contributed by atoms with E-state index in [1.165, 1.54) is 0 Å². The molecule has 6 nitrogen and oxygen atoms in total. The first kappa shape index (κ1) is 17.0. The van der Waals surface area contributed by atoms with Crippen molar-refractivity contribution in [3.05, 3.63) is 65.9 Å². The molecule has 1 unspecified atom stereocenters. The van der Waals surface area contributed by atoms with Gasteiger partial charge < -0.3 is 10.6 Å². The SMILES string of the molecule is Cc1ccc(-c2cnn3c2NC(=O)C3CC(=O)Nc2cccc(C)c2)cc1. The summed E-state index contributed by atoms with van der Waals surface area (Å²) in [5.74, 6) is 0.198. The molecule has 1 aromatic heterocycles. The average Bonchev–Trinajstić information content (AvgIpc) is 3.16. The van der Waals surface area contributed by atoms with E-state index in [1.807, 2.05) is 62.4 Å². The van der Waals surface area contributed by atoms with Crippen LogP contribution in [0.3, 0.4) is 0 Å². The smallest absolute Gasteiger partial charge is 0.251 e. The second-order valence-corrected chi connectivity index (χ2v) is 6.84. The van der Waals surface area contributed by atoms with E-state index in [0.29, 0.717) is 5.82 Å². The number of carbonyl (C=O) groups is 2. The molecule has 3 aromatic rings. The van der Waals surface area contributed by atoms with E-state index in [0.717, 1.165) is 27.9 Å². The lowest BCUT2D eigenvalue weighted by Gasteiger charge is -2.10. The zero-order chi connectivity index (χ0) is 19.0. The normalized spacial score (nSPS) is 15.3. The van der Waals surface area contributed by atoms with Gasteiger partial charge in [-0.25, -0.2) is 4.68 Å². The van der Waals surface area contributed by atoms with Crippen LogP contribution >= 0.6 is 0 Å². The van der Waals surface area contributed by atoms with Crippen molar-refractivity contribution in [2.45, 2.75) is 26.3 Å². The van der Waals surface area contributed by atoms with Gasteiger partial charge in [-0.15, -0.1) is 0 Å². The lowest BCUT2D eigenvalue weighted by atomic mass is 10.1. The Morgan fingerprint density at radius 1 is 1.15 bits per heavy atom. The number of amides is 2. The average molecular weight is 360 g/mol. The van der Waals surface area contributed by atoms with E-state index in [-0.39, 0.29) is 18.2 Å². The maximum atomic E-state index is 12.4. The van der Waals surface area contributed by atoms with Gasteiger partial charge in [0.05, 0.1) is 12.6 Å². The van der Waals surface area contributed by atoms with E-state index in [9.17, 15) is 9.59 Å². The minimum absolute atomic E-state index is 0.0296. The van der Waals surface area contributed by atoms with Crippen molar-refractivity contribution in [1.29, 1.82) is 0 Å². The highest BCUT2D eigenvalue weighted by Crippen LogP contribution is 2.35. The van der Waals surface area contributed by atoms with Crippen molar-refractivity contribution >= 4 is 23.3 Å². The van der Waals surface area contributed by atoms with Gasteiger partial charge in [0.25, 0.3) is 5.91 Å². The van der Waals surface area contributed by atoms with Crippen LogP contribution in [-0.2, 0) is 9.59 Å². The van der Waals surface area contributed by atoms with Gasteiger partial charge in [0, 0.05) is 11.3 Å². The molecule has 2 heterocycles. The number of aromatic nitrogens is 2. The molecule has 2 amide bonds. The van der Waals surface area contributed by atoms with Gasteiger partial charge >= 0.3 is 0 Å². The zero-order valence-electron chi connectivity index (χ0n) is 15.2. The molecule has 27 heavy (non-hydrogen) atoms. The number of fused-ring (bicyclic) bond motifs is 1. The summed E-state index contributed by atoms with van der Waals surface area (Å²) in [6, 6.07) is 14.9. The van der Waals surface area contributed by atoms with Gasteiger partial charge in [-0.3, -0.25) is 9.59 Å². The fourth-order valence-electron chi connectivity index (χ4n) is 3.27. The summed E-state index contributed by atoms with van der Waals surface area (Å²) in [6.45, 7) is 3.99. The number of nitrogens with one attached hydrogen (secondary N) is 2. The molecule has 1 aliphatic heterocycles. The Balaban J connectivity index is 1.54. The maximum Gasteiger partial charge on any atom is 0.251 e. The molecule has 0 radical (unpaired) electrons. The van der Waals surface area contributed by atoms with Gasteiger partial charge in [-0.1, -0.05) is 42.0 Å². The van der Waals surface area contributed by atoms with Crippen molar-refractivity contribution < 1.29 is 9.59 Å². The molecule has 4 rings (SSSR count). The highest BCUT2D eigenvalue weighted by atomic mass is 16.2. The Bertz CT molecular complexity index is 1020. The molecule has 2 aromatic carbocycles. The molecule has 2 N–H and O–H groups in total. The fourth-order valence-corrected chi connectivity index (χ4v) is 3.27. The molecule has 0 saturated carbocycles. The number of carbonyl (C=O) groups excluding carboxylic acids is 2. The topological polar surface area (TPSA) is 76.0 Å². The van der Waals surface area contributed by atoms with Crippen LogP contribution in [0, 0.1) is 13.8 Å². The van der Waals surface area contributed by atoms with Crippen molar-refractivity contribution in [1.82, 2.24) is 9.78 Å². The molecule has 6 heteroatoms. The van der Waals surface area contributed by atoms with Crippen LogP contribution in [0.1, 0.15) is 23.6 Å². The first-order valence-electron chi connectivity index (χ1n) is 8.83. The molecule has 1 atom stereocenters. The number of hydrogen-bond acceptors (Lipinski definition) is 3. The maximum absolute atomic E-state index is 12.4. The Hall–Kier alpha value is -3.41. The van der Waals surface area contributed by atoms with Gasteiger partial charge in [0.2, 0.25) is 5.91 Å². The minimum Gasteiger partial charge on any atom is -0.326 e. The molecule has 136 valence electrons. The van der Waals surface area contributed by atoms with Crippen LogP contribution in [0.15, 0.2) is 54.7 Å². The van der Waals surface area contributed by atoms with E-state index in [1.54, 1.807) is 10.9 Å². The lowest BCUT2D eigenvalue weighted by molar-refractivity contribution is -0.123. The molecule has 0 fully saturated rings. The largest absolute Gasteiger partial charge is 0.326 e. The summed E-state index contributed by atoms with van der Waals surface area (Å²) in [5, 5.41) is 10.1. The van der Waals surface area contributed by atoms with Crippen LogP contribution in [0.5, 0.6) is 0 Å². The molecule has 0 aliphatic carbocycles. The number of aryl methyl sites for hydroxylation is 2. The number of anilines is 2. The van der Waals surface area contributed by atoms with Crippen LogP contribution in [0.4, 0.5) is 11.5 Å². The fraction of sp³-hybridized carbons (Fsp3) is 0.190. The van der Waals surface area contributed by atoms with Gasteiger partial charge in [0.15, 0.2) is 0 Å². The van der Waals surface area contributed by atoms with Crippen molar-refractivity contribution in [2.24, 2.45) is 0 Å². The summed E-state index contributed by atoms with van der Waals surface area (Å²) in [6.07, 6.45) is 1.76. The first-order valence-corrected chi connectivity index (χ1v) is 8.83. The van der Waals surface area contributed by atoms with E-state index < -0.39 is 6.04 Å². The predicted octanol–water partition coefficient (Wildman–Crippen LogP) is 3.69. The van der Waals surface area contributed by atoms with Crippen molar-refractivity contribution in [3.63, 3.8) is 0 Å². The number of nitrogens with zero attached hydrogens (tertiary/aromatic N) is 2. The summed E-state index contributed by atoms with van der Waals surface area (Å²) in [7, 11) is 0. The molecule has 0 bridgehead atoms. The number of hydrogen-bond donors (Lipinski definition) is 2. The van der Waals surface area contributed by atoms with Crippen molar-refractivity contribution in [2.75, 3.05) is 10.6 Å². The van der Waals surface area contributed by atoms with Gasteiger partial charge in [-0.05, 0) is 37.1 Å². The van der Waals surface area contributed by atoms with Gasteiger partial charge in [-0.2, -0.15) is 5.10 Å². The van der Waals surface area contributed by atoms with Crippen LogP contribution in [0.2, 0.25) is 0 Å². The summed E-state index contributed by atoms with van der Waals surface area (Å²) >= 11 is 0. The second-order valence-electron chi connectivity index (χ2n) is 6.84. The predicted molar refractivity (Wildman–Crippen MR) is 104 cm³/mol. The molecular weight excluding hydrogens is 340 g/mol. The highest BCUT2D eigenvalue weighted by Gasteiger charge is 2.35. The minimum atomic E-state index is -0.649. The molecule has 1 aliphatic rings. The Kier molecular flexibility index (Phi) is 4.24. The second kappa shape index (κ2) is 6.72. The Labute approximate surface area is 157 Å². The summed E-state index contributed by atoms with van der Waals surface area (Å²) in [5.41, 5.74) is 4.78.